The zero-order valence-electron chi connectivity index (χ0n) is 26.5. The van der Waals surface area contributed by atoms with E-state index in [0.717, 1.165) is 21.7 Å². The normalized spacial score (nSPS) is 18.6. The van der Waals surface area contributed by atoms with Gasteiger partial charge >= 0.3 is 6.09 Å². The molecule has 236 valence electrons. The molecule has 1 aromatic heterocycles. The van der Waals surface area contributed by atoms with E-state index in [2.05, 4.69) is 15.6 Å². The number of benzene rings is 1. The fraction of sp³-hybridized carbons (Fsp3) is 0.594. The third-order valence-electron chi connectivity index (χ3n) is 7.37. The molecule has 3 rings (SSSR count). The number of carbonyl (C=O) groups excluding carboxylic acids is 4. The average Bonchev–Trinajstić information content (AvgIpc) is 3.50. The number of nitrogens with zero attached hydrogens (tertiary/aromatic N) is 2. The fourth-order valence-electron chi connectivity index (χ4n) is 5.10. The van der Waals surface area contributed by atoms with E-state index >= 15 is 0 Å². The zero-order chi connectivity index (χ0) is 32.1. The molecule has 1 saturated heterocycles. The Kier molecular flexibility index (Phi) is 11.1. The van der Waals surface area contributed by atoms with Crippen molar-refractivity contribution in [3.63, 3.8) is 0 Å². The largest absolute Gasteiger partial charge is 0.444 e. The number of ether oxygens (including phenoxy) is 1. The van der Waals surface area contributed by atoms with Crippen molar-refractivity contribution in [3.05, 3.63) is 41.0 Å². The minimum absolute atomic E-state index is 0.0230. The summed E-state index contributed by atoms with van der Waals surface area (Å²) in [6, 6.07) is 6.39. The number of aryl methyl sites for hydroxylation is 1. The number of alkyl carbamates (subject to hydrolysis) is 1. The zero-order valence-corrected chi connectivity index (χ0v) is 27.3. The lowest BCUT2D eigenvalue weighted by molar-refractivity contribution is -0.143. The first-order valence-electron chi connectivity index (χ1n) is 14.7. The maximum absolute atomic E-state index is 13.8. The minimum Gasteiger partial charge on any atom is -0.444 e. The van der Waals surface area contributed by atoms with Crippen LogP contribution in [0.2, 0.25) is 0 Å². The number of aliphatic hydroxyl groups is 1. The number of likely N-dealkylation sites (tertiary alicyclic amines) is 1. The summed E-state index contributed by atoms with van der Waals surface area (Å²) in [7, 11) is 0. The van der Waals surface area contributed by atoms with Crippen molar-refractivity contribution in [1.29, 1.82) is 0 Å². The number of ketones is 1. The lowest BCUT2D eigenvalue weighted by Crippen LogP contribution is -2.57. The van der Waals surface area contributed by atoms with Crippen LogP contribution in [0.1, 0.15) is 84.9 Å². The standard InChI is InChI=1S/C32H46N4O6S/c1-19(21-9-11-22(12-10-21)27-20(2)34-18-43-27)15-25(38)24-16-23(37)17-36(24)29(40)28(31(3,4)5)35-26(39)13-14-33-30(41)42-32(6,7)8/h9-12,18-19,23-24,28,37H,13-17H2,1-8H3,(H,33,41)(H,35,39)/t19-,23-,24+,28-/m1/s1. The van der Waals surface area contributed by atoms with Crippen LogP contribution in [0.15, 0.2) is 29.8 Å². The van der Waals surface area contributed by atoms with E-state index in [1.807, 2.05) is 64.4 Å². The molecule has 1 aliphatic rings. The summed E-state index contributed by atoms with van der Waals surface area (Å²) in [5.41, 5.74) is 3.56. The first kappa shape index (κ1) is 34.2. The van der Waals surface area contributed by atoms with Gasteiger partial charge in [0.25, 0.3) is 0 Å². The molecule has 1 aromatic carbocycles. The molecule has 0 radical (unpaired) electrons. The van der Waals surface area contributed by atoms with E-state index in [1.54, 1.807) is 32.1 Å². The predicted octanol–water partition coefficient (Wildman–Crippen LogP) is 4.59. The van der Waals surface area contributed by atoms with Crippen molar-refractivity contribution >= 4 is 35.0 Å². The molecule has 10 nitrogen and oxygen atoms in total. The highest BCUT2D eigenvalue weighted by molar-refractivity contribution is 7.13. The lowest BCUT2D eigenvalue weighted by atomic mass is 9.85. The molecule has 0 saturated carbocycles. The number of aliphatic hydroxyl groups excluding tert-OH is 1. The van der Waals surface area contributed by atoms with Gasteiger partial charge in [0, 0.05) is 32.4 Å². The van der Waals surface area contributed by atoms with Crippen molar-refractivity contribution < 1.29 is 29.0 Å². The van der Waals surface area contributed by atoms with Crippen LogP contribution in [0.4, 0.5) is 4.79 Å². The number of hydrogen-bond acceptors (Lipinski definition) is 8. The molecule has 4 atom stereocenters. The highest BCUT2D eigenvalue weighted by atomic mass is 32.1. The Morgan fingerprint density at radius 3 is 2.33 bits per heavy atom. The number of aromatic nitrogens is 1. The van der Waals surface area contributed by atoms with Gasteiger partial charge in [-0.25, -0.2) is 9.78 Å². The van der Waals surface area contributed by atoms with Gasteiger partial charge in [-0.15, -0.1) is 11.3 Å². The molecule has 2 aromatic rings. The van der Waals surface area contributed by atoms with Crippen LogP contribution in [-0.4, -0.2) is 75.6 Å². The monoisotopic (exact) mass is 614 g/mol. The van der Waals surface area contributed by atoms with Crippen molar-refractivity contribution in [3.8, 4) is 10.4 Å². The van der Waals surface area contributed by atoms with Crippen molar-refractivity contribution in [2.75, 3.05) is 13.1 Å². The average molecular weight is 615 g/mol. The van der Waals surface area contributed by atoms with E-state index in [-0.39, 0.29) is 44.1 Å². The van der Waals surface area contributed by atoms with Crippen LogP contribution in [0.25, 0.3) is 10.4 Å². The quantitative estimate of drug-likeness (QED) is 0.356. The summed E-state index contributed by atoms with van der Waals surface area (Å²) in [6.07, 6.45) is -1.14. The molecule has 3 amide bonds. The topological polar surface area (TPSA) is 138 Å². The fourth-order valence-corrected chi connectivity index (χ4v) is 5.91. The molecular formula is C32H46N4O6S. The second-order valence-electron chi connectivity index (χ2n) is 13.4. The third-order valence-corrected chi connectivity index (χ3v) is 8.34. The van der Waals surface area contributed by atoms with E-state index in [0.29, 0.717) is 0 Å². The molecule has 2 heterocycles. The van der Waals surface area contributed by atoms with Crippen LogP contribution >= 0.6 is 11.3 Å². The van der Waals surface area contributed by atoms with Gasteiger partial charge in [-0.05, 0) is 50.2 Å². The smallest absolute Gasteiger partial charge is 0.407 e. The molecular weight excluding hydrogens is 568 g/mol. The molecule has 3 N–H and O–H groups in total. The highest BCUT2D eigenvalue weighted by Gasteiger charge is 2.44. The molecule has 43 heavy (non-hydrogen) atoms. The van der Waals surface area contributed by atoms with E-state index in [1.165, 1.54) is 4.90 Å². The maximum atomic E-state index is 13.8. The van der Waals surface area contributed by atoms with Gasteiger partial charge in [-0.1, -0.05) is 52.0 Å². The molecule has 0 aliphatic carbocycles. The van der Waals surface area contributed by atoms with Crippen molar-refractivity contribution in [1.82, 2.24) is 20.5 Å². The van der Waals surface area contributed by atoms with Gasteiger partial charge in [0.15, 0.2) is 5.78 Å². The number of carbonyl (C=O) groups is 4. The Morgan fingerprint density at radius 2 is 1.77 bits per heavy atom. The minimum atomic E-state index is -0.928. The van der Waals surface area contributed by atoms with Crippen LogP contribution in [0, 0.1) is 12.3 Å². The Bertz CT molecular complexity index is 1290. The number of amides is 3. The molecule has 0 spiro atoms. The van der Waals surface area contributed by atoms with Gasteiger partial charge in [0.1, 0.15) is 11.6 Å². The lowest BCUT2D eigenvalue weighted by Gasteiger charge is -2.35. The molecule has 1 fully saturated rings. The van der Waals surface area contributed by atoms with Crippen LogP contribution in [0.3, 0.4) is 0 Å². The Labute approximate surface area is 258 Å². The van der Waals surface area contributed by atoms with Crippen LogP contribution < -0.4 is 10.6 Å². The second-order valence-corrected chi connectivity index (χ2v) is 14.3. The van der Waals surface area contributed by atoms with E-state index < -0.39 is 47.1 Å². The number of Topliss-reactive ketones (excluding diaryl/α,β-unsaturated/α-hetero) is 1. The number of nitrogens with one attached hydrogen (secondary N) is 2. The Balaban J connectivity index is 1.64. The molecule has 0 unspecified atom stereocenters. The first-order chi connectivity index (χ1) is 20.0. The second kappa shape index (κ2) is 14.0. The first-order valence-corrected chi connectivity index (χ1v) is 15.6. The van der Waals surface area contributed by atoms with E-state index in [9.17, 15) is 24.3 Å². The SMILES string of the molecule is Cc1ncsc1-c1ccc([C@H](C)CC(=O)[C@@H]2C[C@@H](O)CN2C(=O)[C@@H](NC(=O)CCNC(=O)OC(C)(C)C)C(C)(C)C)cc1. The van der Waals surface area contributed by atoms with Gasteiger partial charge < -0.3 is 25.4 Å². The number of thiazole rings is 1. The summed E-state index contributed by atoms with van der Waals surface area (Å²) in [6.45, 7) is 14.7. The van der Waals surface area contributed by atoms with Gasteiger partial charge in [0.2, 0.25) is 11.8 Å². The number of rotatable bonds is 10. The molecule has 0 bridgehead atoms. The Morgan fingerprint density at radius 1 is 1.12 bits per heavy atom. The summed E-state index contributed by atoms with van der Waals surface area (Å²) in [5.74, 6) is -1.04. The predicted molar refractivity (Wildman–Crippen MR) is 167 cm³/mol. The summed E-state index contributed by atoms with van der Waals surface area (Å²) >= 11 is 1.59. The Hall–Kier alpha value is -3.31. The molecule has 11 heteroatoms. The van der Waals surface area contributed by atoms with Crippen LogP contribution in [0.5, 0.6) is 0 Å². The van der Waals surface area contributed by atoms with Gasteiger partial charge in [-0.2, -0.15) is 0 Å². The molecule has 1 aliphatic heterocycles. The van der Waals surface area contributed by atoms with Crippen molar-refractivity contribution in [2.24, 2.45) is 5.41 Å². The maximum Gasteiger partial charge on any atom is 0.407 e. The third kappa shape index (κ3) is 9.59. The summed E-state index contributed by atoms with van der Waals surface area (Å²) in [4.78, 5) is 58.9. The number of hydrogen-bond donors (Lipinski definition) is 3. The highest BCUT2D eigenvalue weighted by Crippen LogP contribution is 2.31. The number of β-amino-alcohol motifs (C(OH)–C–C–N with tert-alkyl or cyclic N) is 1. The van der Waals surface area contributed by atoms with Crippen molar-refractivity contribution in [2.45, 2.75) is 104 Å². The van der Waals surface area contributed by atoms with Gasteiger partial charge in [-0.3, -0.25) is 14.4 Å². The summed E-state index contributed by atoms with van der Waals surface area (Å²) in [5, 5.41) is 15.8. The summed E-state index contributed by atoms with van der Waals surface area (Å²) < 4.78 is 5.19. The van der Waals surface area contributed by atoms with Gasteiger partial charge in [0.05, 0.1) is 28.2 Å². The van der Waals surface area contributed by atoms with E-state index in [4.69, 9.17) is 4.74 Å². The van der Waals surface area contributed by atoms with Crippen LogP contribution in [-0.2, 0) is 19.1 Å².